The van der Waals surface area contributed by atoms with Gasteiger partial charge in [-0.2, -0.15) is 5.26 Å². The number of nitriles is 1. The lowest BCUT2D eigenvalue weighted by molar-refractivity contribution is 0.0594. The van der Waals surface area contributed by atoms with Crippen LogP contribution in [0.25, 0.3) is 22.4 Å². The number of carbonyl (C=O) groups is 1. The largest absolute Gasteiger partial charge is 0.473 e. The minimum absolute atomic E-state index is 0.0624. The number of benzene rings is 2. The van der Waals surface area contributed by atoms with E-state index in [9.17, 15) is 9.18 Å². The van der Waals surface area contributed by atoms with Gasteiger partial charge >= 0.3 is 5.97 Å². The molecule has 228 valence electrons. The lowest BCUT2D eigenvalue weighted by Gasteiger charge is -2.17. The zero-order valence-electron chi connectivity index (χ0n) is 24.7. The van der Waals surface area contributed by atoms with Crippen molar-refractivity contribution in [1.29, 1.82) is 5.26 Å². The highest BCUT2D eigenvalue weighted by Crippen LogP contribution is 2.48. The maximum atomic E-state index is 15.6. The second kappa shape index (κ2) is 12.4. The molecule has 0 radical (unpaired) electrons. The van der Waals surface area contributed by atoms with Gasteiger partial charge in [0, 0.05) is 42.7 Å². The number of ether oxygens (including phenoxy) is 3. The van der Waals surface area contributed by atoms with Gasteiger partial charge < -0.3 is 18.8 Å². The molecular formula is C34H29F2N5O4. The van der Waals surface area contributed by atoms with Gasteiger partial charge in [-0.25, -0.2) is 28.5 Å². The standard InChI is InChI=1S/C34H29F2N5O4/c1-43-20-34(12-13-34)19-41-30(38-28-10-11-29(33(42)44-2)40-32(28)41)16-22-8-9-23(15-26(22)36)27-4-3-5-31(39-27)45-18-24-7-6-21(17-37)14-25(24)35/h3-11,14-15H,12-13,16,18-20H2,1-2H3. The molecule has 6 rings (SSSR count). The Morgan fingerprint density at radius 3 is 2.49 bits per heavy atom. The van der Waals surface area contributed by atoms with Crippen LogP contribution in [0.15, 0.2) is 66.7 Å². The highest BCUT2D eigenvalue weighted by Gasteiger charge is 2.44. The summed E-state index contributed by atoms with van der Waals surface area (Å²) in [7, 11) is 2.97. The van der Waals surface area contributed by atoms with E-state index in [0.717, 1.165) is 18.9 Å². The van der Waals surface area contributed by atoms with Crippen molar-refractivity contribution in [2.24, 2.45) is 5.41 Å². The van der Waals surface area contributed by atoms with Crippen LogP contribution in [-0.4, -0.2) is 46.3 Å². The molecule has 3 heterocycles. The summed E-state index contributed by atoms with van der Waals surface area (Å²) >= 11 is 0. The summed E-state index contributed by atoms with van der Waals surface area (Å²) in [4.78, 5) is 26.0. The molecule has 1 fully saturated rings. The molecule has 0 saturated heterocycles. The summed E-state index contributed by atoms with van der Waals surface area (Å²) in [6.07, 6.45) is 2.17. The van der Waals surface area contributed by atoms with E-state index in [1.165, 1.54) is 25.3 Å². The molecule has 5 aromatic rings. The molecule has 9 nitrogen and oxygen atoms in total. The quantitative estimate of drug-likeness (QED) is 0.167. The van der Waals surface area contributed by atoms with Gasteiger partial charge in [-0.1, -0.05) is 24.3 Å². The third-order valence-electron chi connectivity index (χ3n) is 7.95. The molecule has 1 saturated carbocycles. The van der Waals surface area contributed by atoms with Crippen molar-refractivity contribution in [2.45, 2.75) is 32.4 Å². The van der Waals surface area contributed by atoms with E-state index in [4.69, 9.17) is 24.5 Å². The lowest BCUT2D eigenvalue weighted by atomic mass is 10.0. The number of halogens is 2. The smallest absolute Gasteiger partial charge is 0.356 e. The number of pyridine rings is 2. The maximum absolute atomic E-state index is 15.6. The molecule has 0 amide bonds. The van der Waals surface area contributed by atoms with Crippen molar-refractivity contribution >= 4 is 17.1 Å². The number of rotatable bonds is 11. The number of nitrogens with zero attached hydrogens (tertiary/aromatic N) is 5. The summed E-state index contributed by atoms with van der Waals surface area (Å²) in [5, 5.41) is 8.94. The van der Waals surface area contributed by atoms with Crippen molar-refractivity contribution in [1.82, 2.24) is 19.5 Å². The van der Waals surface area contributed by atoms with Crippen molar-refractivity contribution in [2.75, 3.05) is 20.8 Å². The van der Waals surface area contributed by atoms with E-state index in [-0.39, 0.29) is 41.1 Å². The van der Waals surface area contributed by atoms with Crippen LogP contribution in [0.2, 0.25) is 0 Å². The molecule has 0 aliphatic heterocycles. The van der Waals surface area contributed by atoms with E-state index >= 15 is 4.39 Å². The number of hydrogen-bond donors (Lipinski definition) is 0. The van der Waals surface area contributed by atoms with Gasteiger partial charge in [0.25, 0.3) is 0 Å². The van der Waals surface area contributed by atoms with Gasteiger partial charge in [0.1, 0.15) is 29.6 Å². The van der Waals surface area contributed by atoms with E-state index in [0.29, 0.717) is 47.0 Å². The number of imidazole rings is 1. The van der Waals surface area contributed by atoms with Gasteiger partial charge in [0.2, 0.25) is 5.88 Å². The molecule has 2 aromatic carbocycles. The molecule has 3 aromatic heterocycles. The second-order valence-electron chi connectivity index (χ2n) is 11.1. The Labute approximate surface area is 258 Å². The first-order valence-corrected chi connectivity index (χ1v) is 14.3. The van der Waals surface area contributed by atoms with Gasteiger partial charge in [-0.3, -0.25) is 0 Å². The van der Waals surface area contributed by atoms with Crippen LogP contribution in [0.4, 0.5) is 8.78 Å². The average molecular weight is 610 g/mol. The van der Waals surface area contributed by atoms with E-state index in [1.807, 2.05) is 10.6 Å². The Hall–Kier alpha value is -5.21. The average Bonchev–Trinajstić information content (AvgIpc) is 3.74. The summed E-state index contributed by atoms with van der Waals surface area (Å²) in [6.45, 7) is 1.07. The Bertz CT molecular complexity index is 1950. The fourth-order valence-corrected chi connectivity index (χ4v) is 5.30. The molecule has 45 heavy (non-hydrogen) atoms. The fraction of sp³-hybridized carbons (Fsp3) is 0.265. The molecule has 11 heteroatoms. The van der Waals surface area contributed by atoms with Crippen molar-refractivity contribution < 1.29 is 27.8 Å². The number of aromatic nitrogens is 4. The first kappa shape index (κ1) is 29.8. The zero-order valence-corrected chi connectivity index (χ0v) is 24.7. The van der Waals surface area contributed by atoms with Crippen molar-refractivity contribution in [3.05, 3.63) is 107 Å². The SMILES string of the molecule is COCC1(Cn2c(Cc3ccc(-c4cccc(OCc5ccc(C#N)cc5F)n4)cc3F)nc3ccc(C(=O)OC)nc32)CC1. The Morgan fingerprint density at radius 1 is 0.978 bits per heavy atom. The van der Waals surface area contributed by atoms with Crippen molar-refractivity contribution in [3.63, 3.8) is 0 Å². The third-order valence-corrected chi connectivity index (χ3v) is 7.95. The number of fused-ring (bicyclic) bond motifs is 1. The molecule has 0 atom stereocenters. The fourth-order valence-electron chi connectivity index (χ4n) is 5.30. The first-order valence-electron chi connectivity index (χ1n) is 14.3. The van der Waals surface area contributed by atoms with Gasteiger partial charge in [0.15, 0.2) is 11.3 Å². The van der Waals surface area contributed by atoms with Crippen LogP contribution >= 0.6 is 0 Å². The summed E-state index contributed by atoms with van der Waals surface area (Å²) < 4.78 is 47.9. The van der Waals surface area contributed by atoms with Gasteiger partial charge in [0.05, 0.1) is 31.0 Å². The van der Waals surface area contributed by atoms with E-state index < -0.39 is 17.6 Å². The maximum Gasteiger partial charge on any atom is 0.356 e. The van der Waals surface area contributed by atoms with Crippen LogP contribution in [0.5, 0.6) is 5.88 Å². The molecule has 1 aliphatic rings. The summed E-state index contributed by atoms with van der Waals surface area (Å²) in [6, 6.07) is 19.3. The minimum Gasteiger partial charge on any atom is -0.473 e. The van der Waals surface area contributed by atoms with Crippen molar-refractivity contribution in [3.8, 4) is 23.2 Å². The van der Waals surface area contributed by atoms with Crippen LogP contribution < -0.4 is 4.74 Å². The number of hydrogen-bond acceptors (Lipinski definition) is 8. The molecule has 0 spiro atoms. The summed E-state index contributed by atoms with van der Waals surface area (Å²) in [5.74, 6) is -0.645. The highest BCUT2D eigenvalue weighted by atomic mass is 19.1. The lowest BCUT2D eigenvalue weighted by Crippen LogP contribution is -2.19. The van der Waals surface area contributed by atoms with Gasteiger partial charge in [-0.15, -0.1) is 0 Å². The topological polar surface area (TPSA) is 112 Å². The number of methoxy groups -OCH3 is 2. The van der Waals surface area contributed by atoms with Crippen LogP contribution in [0.3, 0.4) is 0 Å². The monoisotopic (exact) mass is 609 g/mol. The molecule has 0 N–H and O–H groups in total. The van der Waals surface area contributed by atoms with Crippen LogP contribution in [-0.2, 0) is 29.0 Å². The normalized spacial score (nSPS) is 13.4. The first-order chi connectivity index (χ1) is 21.8. The highest BCUT2D eigenvalue weighted by molar-refractivity contribution is 5.89. The molecule has 1 aliphatic carbocycles. The number of esters is 1. The predicted molar refractivity (Wildman–Crippen MR) is 160 cm³/mol. The zero-order chi connectivity index (χ0) is 31.6. The minimum atomic E-state index is -0.546. The molecule has 0 bridgehead atoms. The number of carbonyl (C=O) groups excluding carboxylic acids is 1. The molecular weight excluding hydrogens is 580 g/mol. The van der Waals surface area contributed by atoms with Crippen LogP contribution in [0.1, 0.15) is 45.8 Å². The molecule has 0 unspecified atom stereocenters. The van der Waals surface area contributed by atoms with Crippen LogP contribution in [0, 0.1) is 28.4 Å². The Morgan fingerprint density at radius 2 is 1.78 bits per heavy atom. The van der Waals surface area contributed by atoms with E-state index in [2.05, 4.69) is 9.97 Å². The Balaban J connectivity index is 1.25. The predicted octanol–water partition coefficient (Wildman–Crippen LogP) is 6.03. The second-order valence-corrected chi connectivity index (χ2v) is 11.1. The van der Waals surface area contributed by atoms with E-state index in [1.54, 1.807) is 49.6 Å². The third kappa shape index (κ3) is 6.37. The van der Waals surface area contributed by atoms with Gasteiger partial charge in [-0.05, 0) is 54.8 Å². The summed E-state index contributed by atoms with van der Waals surface area (Å²) in [5.41, 5.74) is 3.22. The Kier molecular flexibility index (Phi) is 8.24.